The molecule has 0 radical (unpaired) electrons. The monoisotopic (exact) mass is 314 g/mol. The Morgan fingerprint density at radius 2 is 2.23 bits per heavy atom. The fraction of sp³-hybridized carbons (Fsp3) is 0.235. The van der Waals surface area contributed by atoms with E-state index >= 15 is 0 Å². The number of fused-ring (bicyclic) bond motifs is 3. The lowest BCUT2D eigenvalue weighted by Crippen LogP contribution is -2.20. The van der Waals surface area contributed by atoms with E-state index in [4.69, 9.17) is 0 Å². The van der Waals surface area contributed by atoms with Crippen LogP contribution < -0.4 is 10.9 Å². The lowest BCUT2D eigenvalue weighted by Gasteiger charge is -2.19. The Kier molecular flexibility index (Phi) is 3.13. The first-order valence-corrected chi connectivity index (χ1v) is 8.17. The summed E-state index contributed by atoms with van der Waals surface area (Å²) in [4.78, 5) is 14.9. The second-order valence-electron chi connectivity index (χ2n) is 5.60. The van der Waals surface area contributed by atoms with Crippen molar-refractivity contribution in [2.45, 2.75) is 13.3 Å². The van der Waals surface area contributed by atoms with Gasteiger partial charge in [-0.05, 0) is 54.1 Å². The highest BCUT2D eigenvalue weighted by molar-refractivity contribution is 7.17. The Morgan fingerprint density at radius 3 is 3.00 bits per heavy atom. The number of H-pyrrole nitrogens is 1. The number of benzene rings is 1. The van der Waals surface area contributed by atoms with E-state index in [9.17, 15) is 9.18 Å². The van der Waals surface area contributed by atoms with E-state index in [1.54, 1.807) is 0 Å². The summed E-state index contributed by atoms with van der Waals surface area (Å²) in [6.07, 6.45) is 3.07. The van der Waals surface area contributed by atoms with Crippen LogP contribution in [0, 0.1) is 12.7 Å². The number of pyridine rings is 1. The lowest BCUT2D eigenvalue weighted by atomic mass is 9.91. The van der Waals surface area contributed by atoms with Gasteiger partial charge in [-0.15, -0.1) is 11.3 Å². The Hall–Kier alpha value is -1.98. The fourth-order valence-corrected chi connectivity index (χ4v) is 4.08. The van der Waals surface area contributed by atoms with Crippen LogP contribution in [0.25, 0.3) is 26.6 Å². The second-order valence-corrected chi connectivity index (χ2v) is 6.52. The lowest BCUT2D eigenvalue weighted by molar-refractivity contribution is 0.635. The van der Waals surface area contributed by atoms with Crippen molar-refractivity contribution < 1.29 is 4.39 Å². The van der Waals surface area contributed by atoms with Crippen molar-refractivity contribution in [2.75, 3.05) is 13.1 Å². The van der Waals surface area contributed by atoms with Crippen LogP contribution in [-0.4, -0.2) is 18.1 Å². The van der Waals surface area contributed by atoms with Gasteiger partial charge in [0, 0.05) is 17.3 Å². The number of rotatable bonds is 1. The zero-order chi connectivity index (χ0) is 15.3. The fourth-order valence-electron chi connectivity index (χ4n) is 3.28. The molecule has 1 aromatic carbocycles. The molecule has 1 aliphatic rings. The van der Waals surface area contributed by atoms with Crippen molar-refractivity contribution in [2.24, 2.45) is 0 Å². The highest BCUT2D eigenvalue weighted by Crippen LogP contribution is 2.36. The molecular weight excluding hydrogens is 299 g/mol. The van der Waals surface area contributed by atoms with Crippen molar-refractivity contribution in [3.63, 3.8) is 0 Å². The number of aromatic amines is 1. The predicted molar refractivity (Wildman–Crippen MR) is 90.1 cm³/mol. The first kappa shape index (κ1) is 13.7. The summed E-state index contributed by atoms with van der Waals surface area (Å²) in [6.45, 7) is 3.67. The number of aromatic nitrogens is 1. The Balaban J connectivity index is 2.22. The Labute approximate surface area is 130 Å². The number of halogens is 1. The quantitative estimate of drug-likeness (QED) is 0.721. The highest BCUT2D eigenvalue weighted by Gasteiger charge is 2.19. The molecule has 0 atom stereocenters. The summed E-state index contributed by atoms with van der Waals surface area (Å²) in [7, 11) is 0. The van der Waals surface area contributed by atoms with Gasteiger partial charge in [-0.1, -0.05) is 6.08 Å². The van der Waals surface area contributed by atoms with Crippen LogP contribution in [0.4, 0.5) is 4.39 Å². The summed E-state index contributed by atoms with van der Waals surface area (Å²) in [5.41, 5.74) is 3.30. The average Bonchev–Trinajstić information content (AvgIpc) is 3.00. The minimum Gasteiger partial charge on any atom is -0.318 e. The summed E-state index contributed by atoms with van der Waals surface area (Å²) < 4.78 is 15.1. The molecule has 3 aromatic rings. The van der Waals surface area contributed by atoms with Crippen molar-refractivity contribution >= 4 is 37.9 Å². The van der Waals surface area contributed by atoms with Crippen molar-refractivity contribution in [3.05, 3.63) is 50.9 Å². The van der Waals surface area contributed by atoms with Crippen molar-refractivity contribution in [1.29, 1.82) is 0 Å². The molecule has 0 bridgehead atoms. The minimum absolute atomic E-state index is 0.217. The maximum Gasteiger partial charge on any atom is 0.266 e. The highest BCUT2D eigenvalue weighted by atomic mass is 32.1. The molecule has 0 saturated carbocycles. The molecule has 3 nitrogen and oxygen atoms in total. The molecular formula is C17H15FN2OS. The molecule has 3 heterocycles. The van der Waals surface area contributed by atoms with Gasteiger partial charge in [0.1, 0.15) is 10.5 Å². The van der Waals surface area contributed by atoms with Crippen molar-refractivity contribution in [1.82, 2.24) is 10.3 Å². The van der Waals surface area contributed by atoms with Gasteiger partial charge in [0.25, 0.3) is 5.56 Å². The Morgan fingerprint density at radius 1 is 1.36 bits per heavy atom. The van der Waals surface area contributed by atoms with Crippen LogP contribution in [0.15, 0.2) is 28.4 Å². The van der Waals surface area contributed by atoms with Crippen LogP contribution >= 0.6 is 11.3 Å². The van der Waals surface area contributed by atoms with Crippen LogP contribution in [0.3, 0.4) is 0 Å². The van der Waals surface area contributed by atoms with Crippen molar-refractivity contribution in [3.8, 4) is 0 Å². The summed E-state index contributed by atoms with van der Waals surface area (Å²) >= 11 is 1.40. The van der Waals surface area contributed by atoms with Gasteiger partial charge in [0.05, 0.1) is 5.52 Å². The van der Waals surface area contributed by atoms with Gasteiger partial charge in [-0.3, -0.25) is 4.79 Å². The van der Waals surface area contributed by atoms with Gasteiger partial charge < -0.3 is 10.3 Å². The van der Waals surface area contributed by atoms with E-state index in [2.05, 4.69) is 16.4 Å². The van der Waals surface area contributed by atoms with E-state index in [1.807, 2.05) is 18.4 Å². The largest absolute Gasteiger partial charge is 0.318 e. The zero-order valence-electron chi connectivity index (χ0n) is 12.1. The maximum absolute atomic E-state index is 14.4. The number of hydrogen-bond donors (Lipinski definition) is 2. The number of aryl methyl sites for hydroxylation is 1. The molecule has 0 aliphatic carbocycles. The van der Waals surface area contributed by atoms with E-state index in [0.29, 0.717) is 10.2 Å². The van der Waals surface area contributed by atoms with E-state index in [-0.39, 0.29) is 11.4 Å². The molecule has 0 saturated heterocycles. The molecule has 1 aliphatic heterocycles. The molecule has 112 valence electrons. The SMILES string of the molecule is Cc1cc(F)c2[nH]c(=O)c3sccc3c2c1C1=CCNCC1. The topological polar surface area (TPSA) is 44.9 Å². The average molecular weight is 314 g/mol. The van der Waals surface area contributed by atoms with Gasteiger partial charge in [0.2, 0.25) is 0 Å². The van der Waals surface area contributed by atoms with Crippen LogP contribution in [0.5, 0.6) is 0 Å². The van der Waals surface area contributed by atoms with Gasteiger partial charge in [0.15, 0.2) is 0 Å². The predicted octanol–water partition coefficient (Wildman–Crippen LogP) is 3.57. The van der Waals surface area contributed by atoms with Gasteiger partial charge in [-0.25, -0.2) is 4.39 Å². The molecule has 0 unspecified atom stereocenters. The molecule has 22 heavy (non-hydrogen) atoms. The van der Waals surface area contributed by atoms with E-state index in [0.717, 1.165) is 41.4 Å². The number of nitrogens with one attached hydrogen (secondary N) is 2. The molecule has 5 heteroatoms. The summed E-state index contributed by atoms with van der Waals surface area (Å²) in [5.74, 6) is -0.365. The van der Waals surface area contributed by atoms with E-state index < -0.39 is 0 Å². The van der Waals surface area contributed by atoms with Crippen LogP contribution in [0.1, 0.15) is 17.5 Å². The van der Waals surface area contributed by atoms with Gasteiger partial charge in [-0.2, -0.15) is 0 Å². The third-order valence-corrected chi connectivity index (χ3v) is 5.15. The molecule has 0 amide bonds. The normalized spacial score (nSPS) is 15.5. The maximum atomic E-state index is 14.4. The number of hydrogen-bond acceptors (Lipinski definition) is 3. The molecule has 0 spiro atoms. The first-order valence-electron chi connectivity index (χ1n) is 7.29. The summed E-state index contributed by atoms with van der Waals surface area (Å²) in [6, 6.07) is 3.44. The standard InChI is InChI=1S/C17H15FN2OS/c1-9-8-12(18)15-14(13(9)10-2-5-19-6-3-10)11-4-7-22-16(11)17(21)20-15/h2,4,7-8,19H,3,5-6H2,1H3,(H,20,21). The first-order chi connectivity index (χ1) is 10.7. The molecule has 4 rings (SSSR count). The Bertz CT molecular complexity index is 984. The van der Waals surface area contributed by atoms with E-state index in [1.165, 1.54) is 23.0 Å². The second kappa shape index (κ2) is 5.04. The zero-order valence-corrected chi connectivity index (χ0v) is 12.9. The minimum atomic E-state index is -0.365. The van der Waals surface area contributed by atoms with Gasteiger partial charge >= 0.3 is 0 Å². The van der Waals surface area contributed by atoms with Crippen LogP contribution in [-0.2, 0) is 0 Å². The van der Waals surface area contributed by atoms with Crippen LogP contribution in [0.2, 0.25) is 0 Å². The smallest absolute Gasteiger partial charge is 0.266 e. The summed E-state index contributed by atoms with van der Waals surface area (Å²) in [5, 5.41) is 6.87. The molecule has 2 N–H and O–H groups in total. The third-order valence-electron chi connectivity index (χ3n) is 4.24. The third kappa shape index (κ3) is 1.93. The molecule has 2 aromatic heterocycles. The molecule has 0 fully saturated rings. The number of thiophene rings is 1.